The summed E-state index contributed by atoms with van der Waals surface area (Å²) in [6.07, 6.45) is 2.98. The summed E-state index contributed by atoms with van der Waals surface area (Å²) in [4.78, 5) is 10.9. The van der Waals surface area contributed by atoms with E-state index in [4.69, 9.17) is 11.6 Å². The Labute approximate surface area is 105 Å². The molecule has 2 aromatic rings. The third kappa shape index (κ3) is 3.01. The molecule has 0 aliphatic carbocycles. The van der Waals surface area contributed by atoms with Crippen LogP contribution in [-0.2, 0) is 11.3 Å². The molecule has 1 amide bonds. The van der Waals surface area contributed by atoms with Gasteiger partial charge in [0.1, 0.15) is 5.88 Å². The first-order chi connectivity index (χ1) is 8.31. The lowest BCUT2D eigenvalue weighted by molar-refractivity contribution is -0.118. The van der Waals surface area contributed by atoms with Crippen molar-refractivity contribution in [3.63, 3.8) is 0 Å². The molecule has 1 N–H and O–H groups in total. The molecule has 1 aromatic heterocycles. The van der Waals surface area contributed by atoms with Crippen LogP contribution in [0, 0.1) is 0 Å². The van der Waals surface area contributed by atoms with Gasteiger partial charge in [0.2, 0.25) is 5.91 Å². The van der Waals surface area contributed by atoms with Crippen LogP contribution in [-0.4, -0.2) is 22.9 Å². The predicted molar refractivity (Wildman–Crippen MR) is 70.3 cm³/mol. The fourth-order valence-corrected chi connectivity index (χ4v) is 1.95. The van der Waals surface area contributed by atoms with E-state index in [1.807, 2.05) is 12.1 Å². The van der Waals surface area contributed by atoms with Gasteiger partial charge >= 0.3 is 0 Å². The van der Waals surface area contributed by atoms with Crippen LogP contribution in [0.1, 0.15) is 6.42 Å². The fourth-order valence-electron chi connectivity index (χ4n) is 1.86. The van der Waals surface area contributed by atoms with Gasteiger partial charge in [-0.3, -0.25) is 4.79 Å². The Kier molecular flexibility index (Phi) is 4.04. The molecule has 0 aliphatic heterocycles. The summed E-state index contributed by atoms with van der Waals surface area (Å²) in [5, 5.41) is 4.01. The lowest BCUT2D eigenvalue weighted by atomic mass is 10.2. The molecule has 4 heteroatoms. The molecule has 90 valence electrons. The van der Waals surface area contributed by atoms with Crippen LogP contribution < -0.4 is 5.32 Å². The number of aryl methyl sites for hydroxylation is 1. The van der Waals surface area contributed by atoms with Crippen molar-refractivity contribution < 1.29 is 4.79 Å². The standard InChI is InChI=1S/C13H15ClN2O/c14-10-13(17)15-7-3-8-16-9-6-11-4-1-2-5-12(11)16/h1-2,4-6,9H,3,7-8,10H2,(H,15,17). The quantitative estimate of drug-likeness (QED) is 0.642. The highest BCUT2D eigenvalue weighted by Gasteiger charge is 2.00. The normalized spacial score (nSPS) is 10.6. The second-order valence-electron chi connectivity index (χ2n) is 3.91. The first-order valence-electron chi connectivity index (χ1n) is 5.68. The predicted octanol–water partition coefficient (Wildman–Crippen LogP) is 2.39. The van der Waals surface area contributed by atoms with Crippen LogP contribution in [0.15, 0.2) is 36.5 Å². The average molecular weight is 251 g/mol. The van der Waals surface area contributed by atoms with Gasteiger partial charge in [-0.1, -0.05) is 18.2 Å². The van der Waals surface area contributed by atoms with Crippen LogP contribution in [0.5, 0.6) is 0 Å². The number of amides is 1. The van der Waals surface area contributed by atoms with Crippen molar-refractivity contribution in [2.24, 2.45) is 0 Å². The SMILES string of the molecule is O=C(CCl)NCCCn1ccc2ccccc21. The van der Waals surface area contributed by atoms with Crippen LogP contribution in [0.3, 0.4) is 0 Å². The number of carbonyl (C=O) groups excluding carboxylic acids is 1. The lowest BCUT2D eigenvalue weighted by Gasteiger charge is -2.06. The van der Waals surface area contributed by atoms with Crippen molar-refractivity contribution in [2.75, 3.05) is 12.4 Å². The minimum absolute atomic E-state index is 0.0342. The summed E-state index contributed by atoms with van der Waals surface area (Å²) in [6.45, 7) is 1.56. The first-order valence-corrected chi connectivity index (χ1v) is 6.21. The van der Waals surface area contributed by atoms with E-state index in [1.165, 1.54) is 10.9 Å². The highest BCUT2D eigenvalue weighted by molar-refractivity contribution is 6.27. The number of carbonyl (C=O) groups is 1. The maximum absolute atomic E-state index is 10.9. The molecule has 0 bridgehead atoms. The van der Waals surface area contributed by atoms with Gasteiger partial charge in [-0.2, -0.15) is 0 Å². The molecule has 0 spiro atoms. The molecular formula is C13H15ClN2O. The van der Waals surface area contributed by atoms with E-state index < -0.39 is 0 Å². The Morgan fingerprint density at radius 1 is 1.29 bits per heavy atom. The van der Waals surface area contributed by atoms with Gasteiger partial charge in [0.25, 0.3) is 0 Å². The molecule has 17 heavy (non-hydrogen) atoms. The molecule has 2 rings (SSSR count). The van der Waals surface area contributed by atoms with Gasteiger partial charge < -0.3 is 9.88 Å². The largest absolute Gasteiger partial charge is 0.355 e. The number of aromatic nitrogens is 1. The zero-order chi connectivity index (χ0) is 12.1. The fraction of sp³-hybridized carbons (Fsp3) is 0.308. The molecule has 0 fully saturated rings. The molecule has 0 unspecified atom stereocenters. The summed E-state index contributed by atoms with van der Waals surface area (Å²) < 4.78 is 2.20. The zero-order valence-corrected chi connectivity index (χ0v) is 10.3. The molecule has 0 saturated carbocycles. The molecule has 1 aromatic carbocycles. The summed E-state index contributed by atoms with van der Waals surface area (Å²) in [5.41, 5.74) is 1.23. The molecule has 0 aliphatic rings. The molecule has 0 atom stereocenters. The number of alkyl halides is 1. The third-order valence-electron chi connectivity index (χ3n) is 2.70. The van der Waals surface area contributed by atoms with Gasteiger partial charge in [-0.25, -0.2) is 0 Å². The number of halogens is 1. The number of fused-ring (bicyclic) bond motifs is 1. The first kappa shape index (κ1) is 12.0. The van der Waals surface area contributed by atoms with Crippen molar-refractivity contribution in [3.8, 4) is 0 Å². The van der Waals surface area contributed by atoms with Gasteiger partial charge in [0.15, 0.2) is 0 Å². The van der Waals surface area contributed by atoms with Crippen molar-refractivity contribution >= 4 is 28.4 Å². The van der Waals surface area contributed by atoms with Crippen LogP contribution in [0.2, 0.25) is 0 Å². The number of rotatable bonds is 5. The Bertz CT molecular complexity index is 507. The topological polar surface area (TPSA) is 34.0 Å². The Balaban J connectivity index is 1.89. The highest BCUT2D eigenvalue weighted by Crippen LogP contribution is 2.14. The molecular weight excluding hydrogens is 236 g/mol. The Morgan fingerprint density at radius 2 is 2.12 bits per heavy atom. The Morgan fingerprint density at radius 3 is 2.94 bits per heavy atom. The van der Waals surface area contributed by atoms with Gasteiger partial charge in [0, 0.05) is 24.8 Å². The van der Waals surface area contributed by atoms with E-state index in [-0.39, 0.29) is 11.8 Å². The number of hydrogen-bond donors (Lipinski definition) is 1. The van der Waals surface area contributed by atoms with E-state index >= 15 is 0 Å². The van der Waals surface area contributed by atoms with Crippen LogP contribution >= 0.6 is 11.6 Å². The molecule has 1 heterocycles. The molecule has 0 radical (unpaired) electrons. The summed E-state index contributed by atoms with van der Waals surface area (Å²) in [6, 6.07) is 10.4. The lowest BCUT2D eigenvalue weighted by Crippen LogP contribution is -2.26. The maximum Gasteiger partial charge on any atom is 0.234 e. The highest BCUT2D eigenvalue weighted by atomic mass is 35.5. The van der Waals surface area contributed by atoms with E-state index in [0.717, 1.165) is 13.0 Å². The number of para-hydroxylation sites is 1. The third-order valence-corrected chi connectivity index (χ3v) is 2.94. The second kappa shape index (κ2) is 5.73. The van der Waals surface area contributed by atoms with E-state index in [2.05, 4.69) is 34.3 Å². The van der Waals surface area contributed by atoms with Gasteiger partial charge in [-0.05, 0) is 23.9 Å². The molecule has 0 saturated heterocycles. The van der Waals surface area contributed by atoms with Crippen LogP contribution in [0.4, 0.5) is 0 Å². The van der Waals surface area contributed by atoms with Crippen molar-refractivity contribution in [2.45, 2.75) is 13.0 Å². The van der Waals surface area contributed by atoms with Crippen molar-refractivity contribution in [3.05, 3.63) is 36.5 Å². The summed E-state index contributed by atoms with van der Waals surface area (Å²) >= 11 is 5.39. The number of benzene rings is 1. The monoisotopic (exact) mass is 250 g/mol. The van der Waals surface area contributed by atoms with Gasteiger partial charge in [0.05, 0.1) is 0 Å². The maximum atomic E-state index is 10.9. The Hall–Kier alpha value is -1.48. The smallest absolute Gasteiger partial charge is 0.234 e. The minimum Gasteiger partial charge on any atom is -0.355 e. The number of nitrogens with zero attached hydrogens (tertiary/aromatic N) is 1. The zero-order valence-electron chi connectivity index (χ0n) is 9.53. The van der Waals surface area contributed by atoms with E-state index in [0.29, 0.717) is 6.54 Å². The molecule has 3 nitrogen and oxygen atoms in total. The van der Waals surface area contributed by atoms with E-state index in [9.17, 15) is 4.79 Å². The van der Waals surface area contributed by atoms with E-state index in [1.54, 1.807) is 0 Å². The van der Waals surface area contributed by atoms with Crippen LogP contribution in [0.25, 0.3) is 10.9 Å². The minimum atomic E-state index is -0.107. The number of nitrogens with one attached hydrogen (secondary N) is 1. The second-order valence-corrected chi connectivity index (χ2v) is 4.17. The van der Waals surface area contributed by atoms with Gasteiger partial charge in [-0.15, -0.1) is 11.6 Å². The number of hydrogen-bond acceptors (Lipinski definition) is 1. The van der Waals surface area contributed by atoms with Crippen molar-refractivity contribution in [1.82, 2.24) is 9.88 Å². The van der Waals surface area contributed by atoms with Crippen molar-refractivity contribution in [1.29, 1.82) is 0 Å². The average Bonchev–Trinajstić information content (AvgIpc) is 2.78. The summed E-state index contributed by atoms with van der Waals surface area (Å²) in [7, 11) is 0. The summed E-state index contributed by atoms with van der Waals surface area (Å²) in [5.74, 6) is -0.0732.